The lowest BCUT2D eigenvalue weighted by Crippen LogP contribution is -2.19. The molecule has 1 aliphatic heterocycles. The van der Waals surface area contributed by atoms with Gasteiger partial charge in [-0.3, -0.25) is 15.1 Å². The molecule has 1 aromatic heterocycles. The molecule has 154 valence electrons. The van der Waals surface area contributed by atoms with Crippen LogP contribution in [0.1, 0.15) is 11.1 Å². The van der Waals surface area contributed by atoms with Crippen LogP contribution >= 0.6 is 11.8 Å². The Bertz CT molecular complexity index is 1050. The highest BCUT2D eigenvalue weighted by Gasteiger charge is 2.30. The van der Waals surface area contributed by atoms with E-state index in [1.54, 1.807) is 24.3 Å². The van der Waals surface area contributed by atoms with Gasteiger partial charge in [-0.25, -0.2) is 4.79 Å². The van der Waals surface area contributed by atoms with E-state index >= 15 is 0 Å². The number of halogens is 3. The zero-order chi connectivity index (χ0) is 21.7. The van der Waals surface area contributed by atoms with Crippen LogP contribution in [0, 0.1) is 0 Å². The molecule has 0 atom stereocenters. The summed E-state index contributed by atoms with van der Waals surface area (Å²) in [4.78, 5) is 26.9. The van der Waals surface area contributed by atoms with E-state index in [0.29, 0.717) is 16.8 Å². The predicted molar refractivity (Wildman–Crippen MR) is 106 cm³/mol. The van der Waals surface area contributed by atoms with Gasteiger partial charge in [-0.1, -0.05) is 24.3 Å². The quantitative estimate of drug-likeness (QED) is 0.345. The Morgan fingerprint density at radius 1 is 1.20 bits per heavy atom. The van der Waals surface area contributed by atoms with Gasteiger partial charge in [0.1, 0.15) is 0 Å². The van der Waals surface area contributed by atoms with Crippen molar-refractivity contribution in [2.45, 2.75) is 6.18 Å². The number of benzene rings is 1. The Balaban J connectivity index is 1.65. The highest BCUT2D eigenvalue weighted by molar-refractivity contribution is 8.18. The Morgan fingerprint density at radius 3 is 2.53 bits per heavy atom. The van der Waals surface area contributed by atoms with Gasteiger partial charge in [-0.15, -0.1) is 5.10 Å². The molecule has 0 spiro atoms. The number of carbonyl (C=O) groups is 2. The van der Waals surface area contributed by atoms with Crippen LogP contribution in [0.2, 0.25) is 0 Å². The van der Waals surface area contributed by atoms with Gasteiger partial charge < -0.3 is 4.74 Å². The fourth-order valence-corrected chi connectivity index (χ4v) is 3.00. The Hall–Kier alpha value is -3.47. The zero-order valence-corrected chi connectivity index (χ0v) is 16.1. The highest BCUT2D eigenvalue weighted by atomic mass is 32.2. The Kier molecular flexibility index (Phi) is 6.31. The van der Waals surface area contributed by atoms with Crippen molar-refractivity contribution in [2.24, 2.45) is 10.2 Å². The number of rotatable bonds is 4. The number of ether oxygens (including phenoxy) is 1. The summed E-state index contributed by atoms with van der Waals surface area (Å²) in [6.07, 6.45) is -1.15. The van der Waals surface area contributed by atoms with Crippen molar-refractivity contribution in [2.75, 3.05) is 7.11 Å². The summed E-state index contributed by atoms with van der Waals surface area (Å²) in [5, 5.41) is 10.4. The molecule has 1 aromatic carbocycles. The minimum Gasteiger partial charge on any atom is -0.466 e. The number of aromatic nitrogens is 1. The van der Waals surface area contributed by atoms with Crippen molar-refractivity contribution in [3.05, 3.63) is 64.7 Å². The fourth-order valence-electron chi connectivity index (χ4n) is 2.26. The summed E-state index contributed by atoms with van der Waals surface area (Å²) < 4.78 is 42.3. The molecule has 0 saturated carbocycles. The van der Waals surface area contributed by atoms with Gasteiger partial charge in [0.05, 0.1) is 29.5 Å². The van der Waals surface area contributed by atoms with Gasteiger partial charge in [0.15, 0.2) is 5.17 Å². The zero-order valence-electron chi connectivity index (χ0n) is 15.3. The Morgan fingerprint density at radius 2 is 1.93 bits per heavy atom. The third-order valence-corrected chi connectivity index (χ3v) is 4.65. The maximum atomic E-state index is 12.6. The van der Waals surface area contributed by atoms with Gasteiger partial charge in [0.2, 0.25) is 0 Å². The summed E-state index contributed by atoms with van der Waals surface area (Å²) >= 11 is 0.948. The number of hydrogen-bond donors (Lipinski definition) is 1. The molecular weight excluding hydrogens is 421 g/mol. The van der Waals surface area contributed by atoms with Crippen LogP contribution in [-0.2, 0) is 20.5 Å². The number of carbonyl (C=O) groups excluding carboxylic acids is 2. The second kappa shape index (κ2) is 8.91. The molecule has 1 N–H and O–H groups in total. The lowest BCUT2D eigenvalue weighted by atomic mass is 10.1. The molecule has 1 saturated heterocycles. The third-order valence-electron chi connectivity index (χ3n) is 3.75. The third kappa shape index (κ3) is 5.32. The van der Waals surface area contributed by atoms with E-state index in [1.165, 1.54) is 19.4 Å². The van der Waals surface area contributed by atoms with E-state index in [2.05, 4.69) is 25.2 Å². The van der Waals surface area contributed by atoms with Crippen molar-refractivity contribution in [1.29, 1.82) is 0 Å². The van der Waals surface area contributed by atoms with Gasteiger partial charge >= 0.3 is 12.1 Å². The molecule has 1 fully saturated rings. The van der Waals surface area contributed by atoms with Crippen LogP contribution in [0.5, 0.6) is 0 Å². The average molecular weight is 434 g/mol. The number of nitrogens with zero attached hydrogens (tertiary/aromatic N) is 3. The minimum atomic E-state index is -4.43. The first-order chi connectivity index (χ1) is 14.3. The summed E-state index contributed by atoms with van der Waals surface area (Å²) in [6.45, 7) is 0. The topological polar surface area (TPSA) is 93.0 Å². The van der Waals surface area contributed by atoms with Gasteiger partial charge in [-0.05, 0) is 29.5 Å². The number of nitrogens with one attached hydrogen (secondary N) is 1. The van der Waals surface area contributed by atoms with Gasteiger partial charge in [-0.2, -0.15) is 18.3 Å². The molecule has 3 rings (SSSR count). The summed E-state index contributed by atoms with van der Waals surface area (Å²) in [7, 11) is 1.20. The van der Waals surface area contributed by atoms with E-state index in [1.807, 2.05) is 0 Å². The number of methoxy groups -OCH3 is 1. The van der Waals surface area contributed by atoms with Crippen molar-refractivity contribution in [3.8, 4) is 11.3 Å². The van der Waals surface area contributed by atoms with Gasteiger partial charge in [0, 0.05) is 17.8 Å². The maximum absolute atomic E-state index is 12.6. The lowest BCUT2D eigenvalue weighted by molar-refractivity contribution is -0.138. The van der Waals surface area contributed by atoms with E-state index < -0.39 is 23.6 Å². The first-order valence-electron chi connectivity index (χ1n) is 8.30. The van der Waals surface area contributed by atoms with Crippen molar-refractivity contribution in [3.63, 3.8) is 0 Å². The van der Waals surface area contributed by atoms with E-state index in [4.69, 9.17) is 0 Å². The van der Waals surface area contributed by atoms with Crippen LogP contribution in [0.15, 0.2) is 63.8 Å². The van der Waals surface area contributed by atoms with Crippen LogP contribution in [-0.4, -0.2) is 35.4 Å². The molecule has 2 aromatic rings. The Labute approximate surface area is 172 Å². The van der Waals surface area contributed by atoms with Crippen LogP contribution < -0.4 is 5.32 Å². The molecule has 0 unspecified atom stereocenters. The number of amidine groups is 1. The summed E-state index contributed by atoms with van der Waals surface area (Å²) in [6, 6.07) is 9.05. The van der Waals surface area contributed by atoms with Crippen LogP contribution in [0.4, 0.5) is 13.2 Å². The molecule has 1 amide bonds. The number of pyridine rings is 1. The van der Waals surface area contributed by atoms with E-state index in [9.17, 15) is 22.8 Å². The molecule has 1 aliphatic rings. The van der Waals surface area contributed by atoms with Crippen molar-refractivity contribution < 1.29 is 27.5 Å². The summed E-state index contributed by atoms with van der Waals surface area (Å²) in [5.74, 6) is -1.13. The molecular formula is C19H13F3N4O3S. The fraction of sp³-hybridized carbons (Fsp3) is 0.105. The largest absolute Gasteiger partial charge is 0.466 e. The van der Waals surface area contributed by atoms with Crippen LogP contribution in [0.3, 0.4) is 0 Å². The number of alkyl halides is 3. The summed E-state index contributed by atoms with van der Waals surface area (Å²) in [5.41, 5.74) is 0.912. The second-order valence-corrected chi connectivity index (χ2v) is 6.82. The molecule has 0 bridgehead atoms. The van der Waals surface area contributed by atoms with Crippen molar-refractivity contribution >= 4 is 35.0 Å². The lowest BCUT2D eigenvalue weighted by Gasteiger charge is -2.07. The van der Waals surface area contributed by atoms with Gasteiger partial charge in [0.25, 0.3) is 5.91 Å². The molecule has 7 nitrogen and oxygen atoms in total. The van der Waals surface area contributed by atoms with Crippen molar-refractivity contribution in [1.82, 2.24) is 10.3 Å². The van der Waals surface area contributed by atoms with E-state index in [-0.39, 0.29) is 10.1 Å². The first-order valence-corrected chi connectivity index (χ1v) is 9.11. The minimum absolute atomic E-state index is 0.143. The average Bonchev–Trinajstić information content (AvgIpc) is 3.07. The number of thioether (sulfide) groups is 1. The first kappa shape index (κ1) is 21.2. The molecule has 30 heavy (non-hydrogen) atoms. The van der Waals surface area contributed by atoms with Crippen LogP contribution in [0.25, 0.3) is 11.3 Å². The predicted octanol–water partition coefficient (Wildman–Crippen LogP) is 3.38. The molecule has 2 heterocycles. The maximum Gasteiger partial charge on any atom is 0.417 e. The van der Waals surface area contributed by atoms with E-state index in [0.717, 1.165) is 30.1 Å². The standard InChI is InChI=1S/C19H13F3N4O3S/c1-29-16(27)8-15-17(28)25-18(30-15)26-24-9-11-2-4-12(5-3-11)14-7-6-13(10-23-14)19(20,21)22/h2-10H,1H3,(H,25,26,28)/b15-8+,24-9?. The molecule has 11 heteroatoms. The molecule has 0 radical (unpaired) electrons. The monoisotopic (exact) mass is 434 g/mol. The highest BCUT2D eigenvalue weighted by Crippen LogP contribution is 2.29. The smallest absolute Gasteiger partial charge is 0.417 e. The normalized spacial score (nSPS) is 17.0. The SMILES string of the molecule is COC(=O)/C=C1/S/C(=N\N=Cc2ccc(-c3ccc(C(F)(F)F)cn3)cc2)NC1=O. The number of amides is 1. The number of esters is 1. The number of hydrogen-bond acceptors (Lipinski definition) is 7. The molecule has 0 aliphatic carbocycles. The second-order valence-electron chi connectivity index (χ2n) is 5.79.